The van der Waals surface area contributed by atoms with E-state index in [1.807, 2.05) is 56.3 Å². The molecule has 1 aromatic heterocycles. The molecule has 0 spiro atoms. The zero-order chi connectivity index (χ0) is 24.1. The van der Waals surface area contributed by atoms with Crippen LogP contribution in [0.2, 0.25) is 0 Å². The maximum absolute atomic E-state index is 12.7. The van der Waals surface area contributed by atoms with Crippen LogP contribution in [0.4, 0.5) is 5.69 Å². The summed E-state index contributed by atoms with van der Waals surface area (Å²) >= 11 is 5.40. The van der Waals surface area contributed by atoms with Gasteiger partial charge in [0.25, 0.3) is 5.91 Å². The lowest BCUT2D eigenvalue weighted by Crippen LogP contribution is -2.34. The summed E-state index contributed by atoms with van der Waals surface area (Å²) in [5, 5.41) is 6.06. The van der Waals surface area contributed by atoms with E-state index in [1.165, 1.54) is 0 Å². The Bertz CT molecular complexity index is 1350. The number of rotatable bonds is 7. The van der Waals surface area contributed by atoms with Crippen LogP contribution in [0.25, 0.3) is 22.6 Å². The lowest BCUT2D eigenvalue weighted by Gasteiger charge is -2.13. The van der Waals surface area contributed by atoms with Crippen molar-refractivity contribution in [3.05, 3.63) is 77.4 Å². The quantitative estimate of drug-likeness (QED) is 0.238. The molecule has 7 heteroatoms. The van der Waals surface area contributed by atoms with Gasteiger partial charge in [0.2, 0.25) is 5.89 Å². The number of benzene rings is 3. The molecule has 0 unspecified atom stereocenters. The summed E-state index contributed by atoms with van der Waals surface area (Å²) in [5.41, 5.74) is 5.68. The highest BCUT2D eigenvalue weighted by molar-refractivity contribution is 7.80. The van der Waals surface area contributed by atoms with Crippen LogP contribution < -0.4 is 15.4 Å². The van der Waals surface area contributed by atoms with E-state index in [0.717, 1.165) is 46.3 Å². The zero-order valence-electron chi connectivity index (χ0n) is 19.5. The molecule has 1 amide bonds. The number of amides is 1. The van der Waals surface area contributed by atoms with Gasteiger partial charge in [-0.2, -0.15) is 0 Å². The number of carbonyl (C=O) groups is 1. The SMILES string of the molecule is CCCCOc1cccc(C(=O)NC(=S)Nc2cc(-c3nc4ccc(C)cc4o3)ccc2C)c1. The summed E-state index contributed by atoms with van der Waals surface area (Å²) in [7, 11) is 0. The second-order valence-electron chi connectivity index (χ2n) is 8.16. The smallest absolute Gasteiger partial charge is 0.257 e. The molecule has 4 rings (SSSR count). The minimum absolute atomic E-state index is 0.204. The van der Waals surface area contributed by atoms with Crippen LogP contribution >= 0.6 is 12.2 Å². The monoisotopic (exact) mass is 473 g/mol. The van der Waals surface area contributed by atoms with Crippen LogP contribution in [-0.4, -0.2) is 22.6 Å². The Morgan fingerprint density at radius 1 is 1.09 bits per heavy atom. The summed E-state index contributed by atoms with van der Waals surface area (Å²) in [6.45, 7) is 6.70. The summed E-state index contributed by atoms with van der Waals surface area (Å²) in [5.74, 6) is 0.886. The molecule has 0 bridgehead atoms. The summed E-state index contributed by atoms with van der Waals surface area (Å²) in [6.07, 6.45) is 2.01. The average molecular weight is 474 g/mol. The third-order valence-electron chi connectivity index (χ3n) is 5.37. The maximum atomic E-state index is 12.7. The molecular formula is C27H27N3O3S. The first kappa shape index (κ1) is 23.4. The minimum atomic E-state index is -0.304. The van der Waals surface area contributed by atoms with Crippen molar-refractivity contribution in [2.45, 2.75) is 33.6 Å². The highest BCUT2D eigenvalue weighted by Crippen LogP contribution is 2.28. The Morgan fingerprint density at radius 2 is 1.94 bits per heavy atom. The number of nitrogens with zero attached hydrogens (tertiary/aromatic N) is 1. The first-order chi connectivity index (χ1) is 16.4. The predicted molar refractivity (Wildman–Crippen MR) is 139 cm³/mol. The number of aromatic nitrogens is 1. The normalized spacial score (nSPS) is 10.8. The van der Waals surface area contributed by atoms with Crippen molar-refractivity contribution in [1.82, 2.24) is 10.3 Å². The second kappa shape index (κ2) is 10.5. The standard InChI is InChI=1S/C27H27N3O3S/c1-4-5-13-32-21-8-6-7-19(15-21)25(31)30-27(34)29-23-16-20(11-10-18(23)3)26-28-22-12-9-17(2)14-24(22)33-26/h6-12,14-16H,4-5,13H2,1-3H3,(H2,29,30,31,34). The first-order valence-electron chi connectivity index (χ1n) is 11.3. The molecule has 34 heavy (non-hydrogen) atoms. The largest absolute Gasteiger partial charge is 0.494 e. The Kier molecular flexibility index (Phi) is 7.23. The molecule has 0 fully saturated rings. The van der Waals surface area contributed by atoms with Gasteiger partial charge in [0.05, 0.1) is 6.61 Å². The first-order valence-corrected chi connectivity index (χ1v) is 11.7. The Balaban J connectivity index is 1.45. The number of oxazole rings is 1. The van der Waals surface area contributed by atoms with Crippen molar-refractivity contribution in [3.63, 3.8) is 0 Å². The zero-order valence-corrected chi connectivity index (χ0v) is 20.3. The Morgan fingerprint density at radius 3 is 2.76 bits per heavy atom. The van der Waals surface area contributed by atoms with Crippen LogP contribution in [0, 0.1) is 13.8 Å². The number of hydrogen-bond donors (Lipinski definition) is 2. The lowest BCUT2D eigenvalue weighted by molar-refractivity contribution is 0.0977. The molecule has 0 aliphatic carbocycles. The van der Waals surface area contributed by atoms with Crippen LogP contribution in [-0.2, 0) is 0 Å². The predicted octanol–water partition coefficient (Wildman–Crippen LogP) is 6.42. The van der Waals surface area contributed by atoms with Gasteiger partial charge < -0.3 is 14.5 Å². The van der Waals surface area contributed by atoms with Crippen molar-refractivity contribution in [2.24, 2.45) is 0 Å². The molecule has 0 aliphatic heterocycles. The molecular weight excluding hydrogens is 446 g/mol. The van der Waals surface area contributed by atoms with E-state index in [2.05, 4.69) is 22.5 Å². The average Bonchev–Trinajstić information content (AvgIpc) is 3.24. The van der Waals surface area contributed by atoms with Gasteiger partial charge >= 0.3 is 0 Å². The van der Waals surface area contributed by atoms with Gasteiger partial charge in [-0.25, -0.2) is 4.98 Å². The van der Waals surface area contributed by atoms with Crippen LogP contribution in [0.5, 0.6) is 5.75 Å². The number of unbranched alkanes of at least 4 members (excludes halogenated alkanes) is 1. The van der Waals surface area contributed by atoms with Crippen molar-refractivity contribution >= 4 is 40.0 Å². The fraction of sp³-hybridized carbons (Fsp3) is 0.222. The number of aryl methyl sites for hydroxylation is 2. The molecule has 0 aliphatic rings. The molecule has 0 saturated heterocycles. The number of hydrogen-bond acceptors (Lipinski definition) is 5. The summed E-state index contributed by atoms with van der Waals surface area (Å²) < 4.78 is 11.6. The van der Waals surface area contributed by atoms with Crippen LogP contribution in [0.1, 0.15) is 41.3 Å². The number of fused-ring (bicyclic) bond motifs is 1. The third-order valence-corrected chi connectivity index (χ3v) is 5.57. The summed E-state index contributed by atoms with van der Waals surface area (Å²) in [4.78, 5) is 17.3. The topological polar surface area (TPSA) is 76.4 Å². The molecule has 0 atom stereocenters. The van der Waals surface area contributed by atoms with E-state index in [-0.39, 0.29) is 11.0 Å². The molecule has 3 aromatic carbocycles. The molecule has 174 valence electrons. The molecule has 0 radical (unpaired) electrons. The number of carbonyl (C=O) groups excluding carboxylic acids is 1. The fourth-order valence-electron chi connectivity index (χ4n) is 3.44. The van der Waals surface area contributed by atoms with E-state index < -0.39 is 0 Å². The van der Waals surface area contributed by atoms with E-state index >= 15 is 0 Å². The van der Waals surface area contributed by atoms with E-state index in [0.29, 0.717) is 23.8 Å². The number of nitrogens with one attached hydrogen (secondary N) is 2. The minimum Gasteiger partial charge on any atom is -0.494 e. The third kappa shape index (κ3) is 5.61. The van der Waals surface area contributed by atoms with Gasteiger partial charge in [0.15, 0.2) is 10.7 Å². The molecule has 1 heterocycles. The van der Waals surface area contributed by atoms with E-state index in [1.54, 1.807) is 18.2 Å². The van der Waals surface area contributed by atoms with E-state index in [9.17, 15) is 4.79 Å². The maximum Gasteiger partial charge on any atom is 0.257 e. The van der Waals surface area contributed by atoms with Crippen molar-refractivity contribution in [3.8, 4) is 17.2 Å². The molecule has 2 N–H and O–H groups in total. The Labute approximate surface area is 204 Å². The highest BCUT2D eigenvalue weighted by Gasteiger charge is 2.13. The van der Waals surface area contributed by atoms with Gasteiger partial charge in [0, 0.05) is 16.8 Å². The van der Waals surface area contributed by atoms with Gasteiger partial charge in [-0.3, -0.25) is 10.1 Å². The lowest BCUT2D eigenvalue weighted by atomic mass is 10.1. The van der Waals surface area contributed by atoms with Gasteiger partial charge in [-0.15, -0.1) is 0 Å². The van der Waals surface area contributed by atoms with Crippen LogP contribution in [0.3, 0.4) is 0 Å². The van der Waals surface area contributed by atoms with Crippen LogP contribution in [0.15, 0.2) is 65.1 Å². The number of ether oxygens (including phenoxy) is 1. The van der Waals surface area contributed by atoms with Gasteiger partial charge in [-0.05, 0) is 86.1 Å². The number of anilines is 1. The van der Waals surface area contributed by atoms with Gasteiger partial charge in [-0.1, -0.05) is 31.5 Å². The van der Waals surface area contributed by atoms with Crippen molar-refractivity contribution in [1.29, 1.82) is 0 Å². The van der Waals surface area contributed by atoms with E-state index in [4.69, 9.17) is 21.4 Å². The fourth-order valence-corrected chi connectivity index (χ4v) is 3.64. The van der Waals surface area contributed by atoms with Crippen molar-refractivity contribution in [2.75, 3.05) is 11.9 Å². The Hall–Kier alpha value is -3.71. The molecule has 0 saturated carbocycles. The highest BCUT2D eigenvalue weighted by atomic mass is 32.1. The second-order valence-corrected chi connectivity index (χ2v) is 8.57. The van der Waals surface area contributed by atoms with Crippen molar-refractivity contribution < 1.29 is 13.9 Å². The number of thiocarbonyl (C=S) groups is 1. The molecule has 6 nitrogen and oxygen atoms in total. The summed E-state index contributed by atoms with van der Waals surface area (Å²) in [6, 6.07) is 18.8. The molecule has 4 aromatic rings. The van der Waals surface area contributed by atoms with Gasteiger partial charge in [0.1, 0.15) is 11.3 Å².